The molecule has 0 spiro atoms. The second-order valence-corrected chi connectivity index (χ2v) is 5.57. The molecule has 0 aliphatic carbocycles. The van der Waals surface area contributed by atoms with Crippen molar-refractivity contribution >= 4 is 22.1 Å². The van der Waals surface area contributed by atoms with Crippen LogP contribution in [-0.2, 0) is 0 Å². The van der Waals surface area contributed by atoms with Crippen LogP contribution in [0.5, 0.6) is 5.75 Å². The van der Waals surface area contributed by atoms with E-state index < -0.39 is 10.7 Å². The lowest BCUT2D eigenvalue weighted by Gasteiger charge is -2.18. The average molecular weight is 341 g/mol. The monoisotopic (exact) mass is 341 g/mol. The van der Waals surface area contributed by atoms with Gasteiger partial charge in [0, 0.05) is 35.6 Å². The van der Waals surface area contributed by atoms with Gasteiger partial charge in [0.1, 0.15) is 0 Å². The summed E-state index contributed by atoms with van der Waals surface area (Å²) >= 11 is 0. The van der Waals surface area contributed by atoms with E-state index in [1.807, 2.05) is 6.92 Å². The molecular formula is C18H16FN3O3. The van der Waals surface area contributed by atoms with E-state index in [9.17, 15) is 14.5 Å². The molecule has 1 heterocycles. The minimum atomic E-state index is -0.439. The van der Waals surface area contributed by atoms with Crippen LogP contribution in [0.3, 0.4) is 0 Å². The van der Waals surface area contributed by atoms with Crippen LogP contribution < -0.4 is 10.1 Å². The molecule has 0 saturated carbocycles. The predicted molar refractivity (Wildman–Crippen MR) is 93.4 cm³/mol. The number of hydrogen-bond donors (Lipinski definition) is 1. The summed E-state index contributed by atoms with van der Waals surface area (Å²) in [6.07, 6.45) is 3.05. The van der Waals surface area contributed by atoms with Crippen LogP contribution in [0.1, 0.15) is 18.5 Å². The van der Waals surface area contributed by atoms with Crippen molar-refractivity contribution in [2.45, 2.75) is 13.0 Å². The second kappa shape index (κ2) is 6.72. The molecule has 3 rings (SSSR count). The Morgan fingerprint density at radius 1 is 1.24 bits per heavy atom. The van der Waals surface area contributed by atoms with Gasteiger partial charge in [-0.15, -0.1) is 0 Å². The predicted octanol–water partition coefficient (Wildman–Crippen LogP) is 4.46. The van der Waals surface area contributed by atoms with Crippen molar-refractivity contribution in [3.8, 4) is 5.75 Å². The van der Waals surface area contributed by atoms with E-state index in [0.717, 1.165) is 5.56 Å². The summed E-state index contributed by atoms with van der Waals surface area (Å²) in [5, 5.41) is 15.6. The molecule has 2 aromatic carbocycles. The van der Waals surface area contributed by atoms with Gasteiger partial charge in [-0.3, -0.25) is 15.1 Å². The molecule has 0 amide bonds. The van der Waals surface area contributed by atoms with Crippen molar-refractivity contribution in [1.82, 2.24) is 4.98 Å². The van der Waals surface area contributed by atoms with Crippen LogP contribution in [0.25, 0.3) is 10.8 Å². The molecular weight excluding hydrogens is 325 g/mol. The Bertz CT molecular complexity index is 946. The summed E-state index contributed by atoms with van der Waals surface area (Å²) in [4.78, 5) is 14.7. The minimum Gasteiger partial charge on any atom is -0.494 e. The standard InChI is InChI=1S/C18H16FN3O3/c1-11(12-3-6-18(25-2)15(19)9-12)21-16-4-5-17(22(23)24)14-10-20-8-7-13(14)16/h3-11,21H,1-2H3/t11-/m1/s1. The maximum atomic E-state index is 13.9. The quantitative estimate of drug-likeness (QED) is 0.547. The Hall–Kier alpha value is -3.22. The van der Waals surface area contributed by atoms with Gasteiger partial charge in [0.05, 0.1) is 17.4 Å². The number of rotatable bonds is 5. The number of aromatic nitrogens is 1. The Labute approximate surface area is 143 Å². The smallest absolute Gasteiger partial charge is 0.278 e. The third-order valence-corrected chi connectivity index (χ3v) is 4.04. The Kier molecular flexibility index (Phi) is 4.47. The number of methoxy groups -OCH3 is 1. The van der Waals surface area contributed by atoms with Gasteiger partial charge in [-0.2, -0.15) is 0 Å². The van der Waals surface area contributed by atoms with Gasteiger partial charge in [0.25, 0.3) is 5.69 Å². The molecule has 128 valence electrons. The first-order valence-electron chi connectivity index (χ1n) is 7.62. The zero-order valence-corrected chi connectivity index (χ0v) is 13.7. The third kappa shape index (κ3) is 3.21. The maximum Gasteiger partial charge on any atom is 0.278 e. The fourth-order valence-corrected chi connectivity index (χ4v) is 2.73. The molecule has 0 aliphatic heterocycles. The highest BCUT2D eigenvalue weighted by Crippen LogP contribution is 2.33. The molecule has 1 atom stereocenters. The van der Waals surface area contributed by atoms with E-state index in [-0.39, 0.29) is 17.5 Å². The van der Waals surface area contributed by atoms with Crippen LogP contribution in [0, 0.1) is 15.9 Å². The Balaban J connectivity index is 1.96. The van der Waals surface area contributed by atoms with Gasteiger partial charge >= 0.3 is 0 Å². The minimum absolute atomic E-state index is 0.00297. The van der Waals surface area contributed by atoms with Crippen molar-refractivity contribution in [2.24, 2.45) is 0 Å². The lowest BCUT2D eigenvalue weighted by atomic mass is 10.1. The van der Waals surface area contributed by atoms with Crippen LogP contribution >= 0.6 is 0 Å². The molecule has 0 aliphatic rings. The molecule has 7 heteroatoms. The van der Waals surface area contributed by atoms with Crippen molar-refractivity contribution in [1.29, 1.82) is 0 Å². The van der Waals surface area contributed by atoms with Crippen molar-refractivity contribution in [2.75, 3.05) is 12.4 Å². The van der Waals surface area contributed by atoms with Crippen LogP contribution in [-0.4, -0.2) is 17.0 Å². The van der Waals surface area contributed by atoms with Crippen molar-refractivity contribution in [3.05, 3.63) is 70.3 Å². The fraction of sp³-hybridized carbons (Fsp3) is 0.167. The topological polar surface area (TPSA) is 77.3 Å². The highest BCUT2D eigenvalue weighted by Gasteiger charge is 2.16. The van der Waals surface area contributed by atoms with E-state index in [2.05, 4.69) is 10.3 Å². The van der Waals surface area contributed by atoms with Crippen LogP contribution in [0.15, 0.2) is 48.8 Å². The highest BCUT2D eigenvalue weighted by atomic mass is 19.1. The molecule has 3 aromatic rings. The lowest BCUT2D eigenvalue weighted by Crippen LogP contribution is -2.08. The van der Waals surface area contributed by atoms with Crippen molar-refractivity contribution < 1.29 is 14.1 Å². The van der Waals surface area contributed by atoms with E-state index in [1.54, 1.807) is 30.5 Å². The number of non-ortho nitro benzene ring substituents is 1. The molecule has 0 bridgehead atoms. The van der Waals surface area contributed by atoms with Gasteiger partial charge in [0.15, 0.2) is 11.6 Å². The molecule has 1 N–H and O–H groups in total. The zero-order valence-electron chi connectivity index (χ0n) is 13.7. The van der Waals surface area contributed by atoms with E-state index >= 15 is 0 Å². The van der Waals surface area contributed by atoms with Gasteiger partial charge in [-0.25, -0.2) is 4.39 Å². The number of fused-ring (bicyclic) bond motifs is 1. The summed E-state index contributed by atoms with van der Waals surface area (Å²) in [6, 6.07) is 9.34. The molecule has 0 saturated heterocycles. The molecule has 6 nitrogen and oxygen atoms in total. The third-order valence-electron chi connectivity index (χ3n) is 4.04. The number of anilines is 1. The SMILES string of the molecule is COc1ccc([C@@H](C)Nc2ccc([N+](=O)[O-])c3cnccc23)cc1F. The second-order valence-electron chi connectivity index (χ2n) is 5.57. The van der Waals surface area contributed by atoms with Gasteiger partial charge < -0.3 is 10.1 Å². The molecule has 0 radical (unpaired) electrons. The number of pyridine rings is 1. The number of nitro groups is 1. The van der Waals surface area contributed by atoms with Gasteiger partial charge in [-0.1, -0.05) is 6.07 Å². The van der Waals surface area contributed by atoms with Crippen LogP contribution in [0.4, 0.5) is 15.8 Å². The Morgan fingerprint density at radius 2 is 2.04 bits per heavy atom. The first kappa shape index (κ1) is 16.6. The van der Waals surface area contributed by atoms with E-state index in [4.69, 9.17) is 4.74 Å². The van der Waals surface area contributed by atoms with E-state index in [0.29, 0.717) is 16.5 Å². The summed E-state index contributed by atoms with van der Waals surface area (Å²) in [6.45, 7) is 1.88. The number of nitrogens with zero attached hydrogens (tertiary/aromatic N) is 2. The summed E-state index contributed by atoms with van der Waals surface area (Å²) < 4.78 is 18.8. The summed E-state index contributed by atoms with van der Waals surface area (Å²) in [5.74, 6) is -0.255. The number of nitrogens with one attached hydrogen (secondary N) is 1. The first-order chi connectivity index (χ1) is 12.0. The summed E-state index contributed by atoms with van der Waals surface area (Å²) in [5.41, 5.74) is 1.45. The Morgan fingerprint density at radius 3 is 2.72 bits per heavy atom. The first-order valence-corrected chi connectivity index (χ1v) is 7.62. The van der Waals surface area contributed by atoms with E-state index in [1.165, 1.54) is 25.4 Å². The molecule has 0 fully saturated rings. The number of benzene rings is 2. The number of nitro benzene ring substituents is 1. The molecule has 25 heavy (non-hydrogen) atoms. The zero-order chi connectivity index (χ0) is 18.0. The van der Waals surface area contributed by atoms with Crippen LogP contribution in [0.2, 0.25) is 0 Å². The number of ether oxygens (including phenoxy) is 1. The number of halogens is 1. The average Bonchev–Trinajstić information content (AvgIpc) is 2.61. The van der Waals surface area contributed by atoms with Crippen molar-refractivity contribution in [3.63, 3.8) is 0 Å². The molecule has 1 aromatic heterocycles. The maximum absolute atomic E-state index is 13.9. The highest BCUT2D eigenvalue weighted by molar-refractivity contribution is 5.99. The normalized spacial score (nSPS) is 12.0. The van der Waals surface area contributed by atoms with Gasteiger partial charge in [0.2, 0.25) is 0 Å². The largest absolute Gasteiger partial charge is 0.494 e. The molecule has 0 unspecified atom stereocenters. The summed E-state index contributed by atoms with van der Waals surface area (Å²) in [7, 11) is 1.41. The number of hydrogen-bond acceptors (Lipinski definition) is 5. The fourth-order valence-electron chi connectivity index (χ4n) is 2.73. The lowest BCUT2D eigenvalue weighted by molar-refractivity contribution is -0.383. The van der Waals surface area contributed by atoms with Gasteiger partial charge in [-0.05, 0) is 36.8 Å².